The topological polar surface area (TPSA) is 135 Å². The van der Waals surface area contributed by atoms with Gasteiger partial charge in [0.15, 0.2) is 10.8 Å². The van der Waals surface area contributed by atoms with Crippen LogP contribution < -0.4 is 16.0 Å². The zero-order valence-corrected chi connectivity index (χ0v) is 23.9. The van der Waals surface area contributed by atoms with E-state index in [0.717, 1.165) is 59.2 Å². The fraction of sp³-hybridized carbons (Fsp3) is 0.393. The van der Waals surface area contributed by atoms with Crippen LogP contribution in [0.25, 0.3) is 26.6 Å². The Kier molecular flexibility index (Phi) is 6.36. The van der Waals surface area contributed by atoms with Gasteiger partial charge in [-0.2, -0.15) is 0 Å². The molecule has 3 N–H and O–H groups in total. The third-order valence-corrected chi connectivity index (χ3v) is 8.45. The molecule has 41 heavy (non-hydrogen) atoms. The standard InChI is InChI=1S/C28H31N9O3S/c1-28(2,3)22-11-23(35-40-22)33-26(38)31-17-6-4-16(5-7-17)20-14-37-21-12-30-25(34-24(21)41-27(37)32-20)29-8-9-36-13-19-10-18(36)15-39-19/h4-7,11-12,14,18-19H,8-10,13,15H2,1-3H3,(H,29,30,34)(H2,31,33,35,38)/t18-,19+/m1/s1. The molecule has 0 spiro atoms. The van der Waals surface area contributed by atoms with E-state index in [0.29, 0.717) is 35.4 Å². The molecule has 12 nitrogen and oxygen atoms in total. The van der Waals surface area contributed by atoms with Crippen LogP contribution in [0.4, 0.5) is 22.2 Å². The van der Waals surface area contributed by atoms with Crippen molar-refractivity contribution < 1.29 is 14.1 Å². The molecule has 2 fully saturated rings. The van der Waals surface area contributed by atoms with Crippen LogP contribution in [-0.4, -0.2) is 73.8 Å². The van der Waals surface area contributed by atoms with Crippen LogP contribution in [0, 0.1) is 0 Å². The number of amides is 2. The number of ether oxygens (including phenoxy) is 1. The molecule has 0 radical (unpaired) electrons. The molecule has 7 rings (SSSR count). The van der Waals surface area contributed by atoms with E-state index < -0.39 is 6.03 Å². The van der Waals surface area contributed by atoms with Crippen LogP contribution in [0.15, 0.2) is 47.2 Å². The quantitative estimate of drug-likeness (QED) is 0.250. The zero-order valence-electron chi connectivity index (χ0n) is 23.0. The molecule has 2 amide bonds. The Balaban J connectivity index is 0.978. The molecule has 0 aliphatic carbocycles. The molecule has 2 aliphatic rings. The fourth-order valence-electron chi connectivity index (χ4n) is 5.27. The highest BCUT2D eigenvalue weighted by atomic mass is 32.1. The van der Waals surface area contributed by atoms with Gasteiger partial charge in [0.05, 0.1) is 24.6 Å². The molecule has 2 bridgehead atoms. The van der Waals surface area contributed by atoms with E-state index in [1.165, 1.54) is 11.3 Å². The molecular weight excluding hydrogens is 542 g/mol. The number of likely N-dealkylation sites (tertiary alicyclic amines) is 1. The number of nitrogens with one attached hydrogen (secondary N) is 3. The Hall–Kier alpha value is -4.07. The first-order valence-corrected chi connectivity index (χ1v) is 14.5. The van der Waals surface area contributed by atoms with Crippen molar-refractivity contribution in [3.8, 4) is 11.3 Å². The van der Waals surface area contributed by atoms with Gasteiger partial charge in [0.25, 0.3) is 0 Å². The van der Waals surface area contributed by atoms with Crippen LogP contribution in [-0.2, 0) is 10.2 Å². The maximum absolute atomic E-state index is 12.4. The summed E-state index contributed by atoms with van der Waals surface area (Å²) in [7, 11) is 0. The molecule has 1 aromatic carbocycles. The van der Waals surface area contributed by atoms with Gasteiger partial charge < -0.3 is 19.9 Å². The molecule has 5 aromatic rings. The van der Waals surface area contributed by atoms with E-state index in [4.69, 9.17) is 19.2 Å². The number of hydrogen-bond donors (Lipinski definition) is 3. The molecule has 0 saturated carbocycles. The van der Waals surface area contributed by atoms with Crippen molar-refractivity contribution in [2.24, 2.45) is 0 Å². The van der Waals surface area contributed by atoms with Crippen LogP contribution >= 0.6 is 11.3 Å². The molecule has 4 aromatic heterocycles. The Bertz CT molecular complexity index is 1720. The highest BCUT2D eigenvalue weighted by Crippen LogP contribution is 2.30. The predicted octanol–water partition coefficient (Wildman–Crippen LogP) is 4.82. The number of nitrogens with zero attached hydrogens (tertiary/aromatic N) is 6. The van der Waals surface area contributed by atoms with Gasteiger partial charge in [-0.3, -0.25) is 14.6 Å². The van der Waals surface area contributed by atoms with E-state index >= 15 is 0 Å². The number of benzene rings is 1. The van der Waals surface area contributed by atoms with Crippen LogP contribution in [0.1, 0.15) is 33.0 Å². The highest BCUT2D eigenvalue weighted by Gasteiger charge is 2.38. The van der Waals surface area contributed by atoms with Crippen LogP contribution in [0.5, 0.6) is 0 Å². The van der Waals surface area contributed by atoms with Crippen molar-refractivity contribution in [2.75, 3.05) is 42.2 Å². The lowest BCUT2D eigenvalue weighted by atomic mass is 9.93. The normalized spacial score (nSPS) is 18.9. The van der Waals surface area contributed by atoms with Crippen molar-refractivity contribution in [3.05, 3.63) is 48.5 Å². The number of hydrogen-bond acceptors (Lipinski definition) is 10. The Labute approximate surface area is 240 Å². The fourth-order valence-corrected chi connectivity index (χ4v) is 6.23. The Morgan fingerprint density at radius 1 is 1.17 bits per heavy atom. The smallest absolute Gasteiger partial charge is 0.324 e. The van der Waals surface area contributed by atoms with Crippen molar-refractivity contribution in [2.45, 2.75) is 44.8 Å². The molecule has 212 valence electrons. The summed E-state index contributed by atoms with van der Waals surface area (Å²) in [5, 5.41) is 12.8. The summed E-state index contributed by atoms with van der Waals surface area (Å²) in [5.74, 6) is 1.70. The SMILES string of the molecule is CC(C)(C)c1cc(NC(=O)Nc2ccc(-c3cn4c(n3)sc3nc(NCCN5C[C@@H]6C[C@@H]5CO6)ncc34)cc2)no1. The van der Waals surface area contributed by atoms with Gasteiger partial charge in [-0.05, 0) is 18.6 Å². The lowest BCUT2D eigenvalue weighted by Crippen LogP contribution is -2.39. The van der Waals surface area contributed by atoms with E-state index in [1.54, 1.807) is 6.07 Å². The molecule has 2 aliphatic heterocycles. The van der Waals surface area contributed by atoms with E-state index in [2.05, 4.69) is 31.0 Å². The Morgan fingerprint density at radius 3 is 2.76 bits per heavy atom. The van der Waals surface area contributed by atoms with Gasteiger partial charge in [0.1, 0.15) is 16.1 Å². The zero-order chi connectivity index (χ0) is 28.1. The van der Waals surface area contributed by atoms with Crippen molar-refractivity contribution in [3.63, 3.8) is 0 Å². The number of urea groups is 1. The molecule has 6 heterocycles. The van der Waals surface area contributed by atoms with E-state index in [1.807, 2.05) is 61.8 Å². The van der Waals surface area contributed by atoms with Crippen molar-refractivity contribution in [1.82, 2.24) is 29.4 Å². The van der Waals surface area contributed by atoms with Gasteiger partial charge in [0.2, 0.25) is 5.95 Å². The monoisotopic (exact) mass is 573 g/mol. The molecule has 0 unspecified atom stereocenters. The third-order valence-electron chi connectivity index (χ3n) is 7.48. The maximum atomic E-state index is 12.4. The maximum Gasteiger partial charge on any atom is 0.324 e. The van der Waals surface area contributed by atoms with E-state index in [-0.39, 0.29) is 5.41 Å². The summed E-state index contributed by atoms with van der Waals surface area (Å²) in [4.78, 5) is 30.7. The second-order valence-corrected chi connectivity index (χ2v) is 12.5. The number of fused-ring (bicyclic) bond motifs is 5. The lowest BCUT2D eigenvalue weighted by Gasteiger charge is -2.26. The largest absolute Gasteiger partial charge is 0.375 e. The number of morpholine rings is 1. The summed E-state index contributed by atoms with van der Waals surface area (Å²) < 4.78 is 13.0. The third kappa shape index (κ3) is 5.23. The van der Waals surface area contributed by atoms with Gasteiger partial charge in [0, 0.05) is 54.6 Å². The minimum absolute atomic E-state index is 0.191. The second-order valence-electron chi connectivity index (χ2n) is 11.5. The average molecular weight is 574 g/mol. The summed E-state index contributed by atoms with van der Waals surface area (Å²) in [5.41, 5.74) is 3.14. The predicted molar refractivity (Wildman–Crippen MR) is 158 cm³/mol. The molecule has 2 atom stereocenters. The number of imidazole rings is 1. The number of carbonyl (C=O) groups is 1. The minimum atomic E-state index is -0.396. The number of rotatable bonds is 7. The number of thiazole rings is 1. The summed E-state index contributed by atoms with van der Waals surface area (Å²) in [6.45, 7) is 9.68. The van der Waals surface area contributed by atoms with Gasteiger partial charge in [-0.25, -0.2) is 19.7 Å². The first-order valence-electron chi connectivity index (χ1n) is 13.7. The minimum Gasteiger partial charge on any atom is -0.375 e. The molecular formula is C28H31N9O3S. The van der Waals surface area contributed by atoms with E-state index in [9.17, 15) is 4.79 Å². The highest BCUT2D eigenvalue weighted by molar-refractivity contribution is 7.23. The molecule has 2 saturated heterocycles. The summed E-state index contributed by atoms with van der Waals surface area (Å²) >= 11 is 1.53. The van der Waals surface area contributed by atoms with Crippen molar-refractivity contribution in [1.29, 1.82) is 0 Å². The Morgan fingerprint density at radius 2 is 2.02 bits per heavy atom. The number of aromatic nitrogens is 5. The van der Waals surface area contributed by atoms with Crippen LogP contribution in [0.3, 0.4) is 0 Å². The first kappa shape index (κ1) is 25.9. The van der Waals surface area contributed by atoms with Gasteiger partial charge in [-0.15, -0.1) is 0 Å². The van der Waals surface area contributed by atoms with Gasteiger partial charge >= 0.3 is 6.03 Å². The number of anilines is 3. The van der Waals surface area contributed by atoms with Crippen LogP contribution in [0.2, 0.25) is 0 Å². The summed E-state index contributed by atoms with van der Waals surface area (Å²) in [6, 6.07) is 9.42. The number of carbonyl (C=O) groups excluding carboxylic acids is 1. The lowest BCUT2D eigenvalue weighted by molar-refractivity contribution is 0.0324. The first-order chi connectivity index (χ1) is 19.8. The van der Waals surface area contributed by atoms with Crippen molar-refractivity contribution >= 4 is 50.1 Å². The molecule has 13 heteroatoms. The second kappa shape index (κ2) is 10.1. The van der Waals surface area contributed by atoms with Gasteiger partial charge in [-0.1, -0.05) is 49.4 Å². The average Bonchev–Trinajstić information content (AvgIpc) is 3.75. The summed E-state index contributed by atoms with van der Waals surface area (Å²) in [6.07, 6.45) is 5.40.